The average Bonchev–Trinajstić information content (AvgIpc) is 3.54. The van der Waals surface area contributed by atoms with Crippen molar-refractivity contribution in [1.82, 2.24) is 34.9 Å². The first-order chi connectivity index (χ1) is 17.3. The Labute approximate surface area is 209 Å². The summed E-state index contributed by atoms with van der Waals surface area (Å²) in [5.41, 5.74) is 2.52. The van der Waals surface area contributed by atoms with Crippen LogP contribution in [0.2, 0.25) is 0 Å². The fourth-order valence-corrected chi connectivity index (χ4v) is 5.45. The topological polar surface area (TPSA) is 53.3 Å². The lowest BCUT2D eigenvalue weighted by molar-refractivity contribution is 0.112. The predicted molar refractivity (Wildman–Crippen MR) is 140 cm³/mol. The predicted octanol–water partition coefficient (Wildman–Crippen LogP) is 3.58. The van der Waals surface area contributed by atoms with E-state index in [0.29, 0.717) is 6.04 Å². The van der Waals surface area contributed by atoms with Gasteiger partial charge in [-0.3, -0.25) is 9.80 Å². The maximum absolute atomic E-state index is 4.56. The van der Waals surface area contributed by atoms with Gasteiger partial charge >= 0.3 is 0 Å². The van der Waals surface area contributed by atoms with Crippen LogP contribution >= 0.6 is 0 Å². The Kier molecular flexibility index (Phi) is 7.98. The first kappa shape index (κ1) is 23.9. The van der Waals surface area contributed by atoms with Gasteiger partial charge in [-0.1, -0.05) is 72.8 Å². The van der Waals surface area contributed by atoms with Gasteiger partial charge in [-0.15, -0.1) is 5.10 Å². The van der Waals surface area contributed by atoms with E-state index in [1.807, 2.05) is 0 Å². The van der Waals surface area contributed by atoms with Gasteiger partial charge in [-0.2, -0.15) is 0 Å². The van der Waals surface area contributed by atoms with Crippen molar-refractivity contribution in [2.45, 2.75) is 37.9 Å². The first-order valence-corrected chi connectivity index (χ1v) is 13.0. The second-order valence-corrected chi connectivity index (χ2v) is 9.79. The average molecular weight is 472 g/mol. The molecule has 7 heteroatoms. The second-order valence-electron chi connectivity index (χ2n) is 9.79. The molecule has 1 aromatic heterocycles. The molecular formula is C28H37N7. The molecule has 0 N–H and O–H groups in total. The third-order valence-corrected chi connectivity index (χ3v) is 7.51. The molecule has 3 aromatic rings. The van der Waals surface area contributed by atoms with Crippen LogP contribution < -0.4 is 0 Å². The normalized spacial score (nSPS) is 21.1. The molecule has 2 fully saturated rings. The first-order valence-electron chi connectivity index (χ1n) is 13.0. The van der Waals surface area contributed by atoms with Crippen molar-refractivity contribution in [3.8, 4) is 0 Å². The SMILES string of the molecule is CN1CCCC1CCn1nnnc1[C@@H](c1ccccc1)N1CCN(C/C=C/c2ccccc2)CC1. The minimum atomic E-state index is 0.0783. The van der Waals surface area contributed by atoms with E-state index in [4.69, 9.17) is 0 Å². The van der Waals surface area contributed by atoms with Gasteiger partial charge in [-0.05, 0) is 54.4 Å². The molecule has 7 nitrogen and oxygen atoms in total. The molecule has 0 radical (unpaired) electrons. The summed E-state index contributed by atoms with van der Waals surface area (Å²) in [6.45, 7) is 7.11. The van der Waals surface area contributed by atoms with Gasteiger partial charge in [0.15, 0.2) is 5.82 Å². The van der Waals surface area contributed by atoms with Crippen LogP contribution in [0, 0.1) is 0 Å². The molecule has 1 unspecified atom stereocenters. The lowest BCUT2D eigenvalue weighted by Gasteiger charge is -2.38. The van der Waals surface area contributed by atoms with Crippen LogP contribution in [0.1, 0.15) is 42.3 Å². The van der Waals surface area contributed by atoms with E-state index in [1.54, 1.807) is 0 Å². The van der Waals surface area contributed by atoms with Crippen LogP contribution in [0.3, 0.4) is 0 Å². The van der Waals surface area contributed by atoms with Crippen LogP contribution in [0.25, 0.3) is 6.08 Å². The van der Waals surface area contributed by atoms with Crippen molar-refractivity contribution >= 4 is 6.08 Å². The second kappa shape index (κ2) is 11.7. The number of nitrogens with zero attached hydrogens (tertiary/aromatic N) is 7. The van der Waals surface area contributed by atoms with Crippen molar-refractivity contribution in [1.29, 1.82) is 0 Å². The summed E-state index contributed by atoms with van der Waals surface area (Å²) >= 11 is 0. The van der Waals surface area contributed by atoms with E-state index in [9.17, 15) is 0 Å². The molecule has 0 bridgehead atoms. The summed E-state index contributed by atoms with van der Waals surface area (Å²) in [7, 11) is 2.24. The highest BCUT2D eigenvalue weighted by atomic mass is 15.6. The van der Waals surface area contributed by atoms with E-state index in [0.717, 1.165) is 51.5 Å². The molecule has 0 aliphatic carbocycles. The van der Waals surface area contributed by atoms with Gasteiger partial charge in [-0.25, -0.2) is 4.68 Å². The molecule has 2 atom stereocenters. The minimum absolute atomic E-state index is 0.0783. The molecule has 0 spiro atoms. The third kappa shape index (κ3) is 6.04. The van der Waals surface area contributed by atoms with E-state index < -0.39 is 0 Å². The van der Waals surface area contributed by atoms with Crippen LogP contribution in [0.15, 0.2) is 66.7 Å². The number of aryl methyl sites for hydroxylation is 1. The van der Waals surface area contributed by atoms with Crippen molar-refractivity contribution in [2.75, 3.05) is 46.3 Å². The van der Waals surface area contributed by atoms with Gasteiger partial charge in [0, 0.05) is 45.3 Å². The van der Waals surface area contributed by atoms with Crippen molar-refractivity contribution < 1.29 is 0 Å². The number of aromatic nitrogens is 4. The summed E-state index contributed by atoms with van der Waals surface area (Å²) < 4.78 is 2.05. The maximum atomic E-state index is 4.56. The van der Waals surface area contributed by atoms with E-state index in [1.165, 1.54) is 30.5 Å². The van der Waals surface area contributed by atoms with Crippen molar-refractivity contribution in [2.24, 2.45) is 0 Å². The number of hydrogen-bond acceptors (Lipinski definition) is 6. The van der Waals surface area contributed by atoms with Gasteiger partial charge in [0.25, 0.3) is 0 Å². The Morgan fingerprint density at radius 2 is 1.69 bits per heavy atom. The molecule has 2 saturated heterocycles. The van der Waals surface area contributed by atoms with Crippen molar-refractivity contribution in [3.05, 3.63) is 83.7 Å². The third-order valence-electron chi connectivity index (χ3n) is 7.51. The highest BCUT2D eigenvalue weighted by Gasteiger charge is 2.31. The Hall–Kier alpha value is -2.87. The van der Waals surface area contributed by atoms with Gasteiger partial charge in [0.1, 0.15) is 0 Å². The largest absolute Gasteiger partial charge is 0.303 e. The van der Waals surface area contributed by atoms with E-state index in [-0.39, 0.29) is 6.04 Å². The molecule has 2 aliphatic rings. The monoisotopic (exact) mass is 471 g/mol. The maximum Gasteiger partial charge on any atom is 0.173 e. The number of rotatable bonds is 9. The number of tetrazole rings is 1. The molecule has 35 heavy (non-hydrogen) atoms. The molecule has 3 heterocycles. The standard InChI is InChI=1S/C28H37N7/c1-32-17-9-15-26(32)16-19-35-28(29-30-31-35)27(25-13-6-3-7-14-25)34-22-20-33(21-23-34)18-8-12-24-10-4-2-5-11-24/h2-8,10-14,26-27H,9,15-23H2,1H3/b12-8+/t26?,27-/m1/s1. The molecule has 0 saturated carbocycles. The highest BCUT2D eigenvalue weighted by molar-refractivity contribution is 5.48. The fraction of sp³-hybridized carbons (Fsp3) is 0.464. The van der Waals surface area contributed by atoms with Gasteiger partial charge < -0.3 is 4.90 Å². The van der Waals surface area contributed by atoms with E-state index in [2.05, 4.69) is 115 Å². The fourth-order valence-electron chi connectivity index (χ4n) is 5.45. The number of piperazine rings is 1. The van der Waals surface area contributed by atoms with Crippen LogP contribution in [0.4, 0.5) is 0 Å². The molecule has 2 aliphatic heterocycles. The summed E-state index contributed by atoms with van der Waals surface area (Å²) in [6.07, 6.45) is 8.16. The Bertz CT molecular complexity index is 1060. The highest BCUT2D eigenvalue weighted by Crippen LogP contribution is 2.28. The minimum Gasteiger partial charge on any atom is -0.303 e. The van der Waals surface area contributed by atoms with Crippen molar-refractivity contribution in [3.63, 3.8) is 0 Å². The zero-order chi connectivity index (χ0) is 23.9. The Morgan fingerprint density at radius 1 is 0.943 bits per heavy atom. The summed E-state index contributed by atoms with van der Waals surface area (Å²) in [5.74, 6) is 0.967. The molecule has 2 aromatic carbocycles. The van der Waals surface area contributed by atoms with Gasteiger partial charge in [0.05, 0.1) is 6.04 Å². The number of hydrogen-bond donors (Lipinski definition) is 0. The van der Waals surface area contributed by atoms with Crippen LogP contribution in [0.5, 0.6) is 0 Å². The zero-order valence-corrected chi connectivity index (χ0v) is 20.8. The van der Waals surface area contributed by atoms with Crippen LogP contribution in [-0.4, -0.2) is 87.3 Å². The number of benzene rings is 2. The molecular weight excluding hydrogens is 434 g/mol. The van der Waals surface area contributed by atoms with E-state index >= 15 is 0 Å². The lowest BCUT2D eigenvalue weighted by Crippen LogP contribution is -2.48. The molecule has 184 valence electrons. The Balaban J connectivity index is 1.25. The molecule has 5 rings (SSSR count). The lowest BCUT2D eigenvalue weighted by atomic mass is 10.0. The smallest absolute Gasteiger partial charge is 0.173 e. The summed E-state index contributed by atoms with van der Waals surface area (Å²) in [5, 5.41) is 13.1. The number of likely N-dealkylation sites (tertiary alicyclic amines) is 1. The Morgan fingerprint density at radius 3 is 2.40 bits per heavy atom. The summed E-state index contributed by atoms with van der Waals surface area (Å²) in [4.78, 5) is 7.55. The van der Waals surface area contributed by atoms with Gasteiger partial charge in [0.2, 0.25) is 0 Å². The summed E-state index contributed by atoms with van der Waals surface area (Å²) in [6, 6.07) is 22.0. The molecule has 0 amide bonds. The zero-order valence-electron chi connectivity index (χ0n) is 20.8. The van der Waals surface area contributed by atoms with Crippen LogP contribution in [-0.2, 0) is 6.54 Å². The quantitative estimate of drug-likeness (QED) is 0.476.